The van der Waals surface area contributed by atoms with Crippen LogP contribution in [0.4, 0.5) is 10.5 Å². The molecule has 1 unspecified atom stereocenters. The fourth-order valence-electron chi connectivity index (χ4n) is 6.51. The highest BCUT2D eigenvalue weighted by Gasteiger charge is 2.45. The third-order valence-electron chi connectivity index (χ3n) is 9.70. The van der Waals surface area contributed by atoms with Crippen molar-refractivity contribution >= 4 is 35.7 Å². The van der Waals surface area contributed by atoms with Crippen molar-refractivity contribution in [2.24, 2.45) is 5.92 Å². The summed E-state index contributed by atoms with van der Waals surface area (Å²) in [5.74, 6) is -1.78. The molecule has 0 radical (unpaired) electrons. The van der Waals surface area contributed by atoms with Gasteiger partial charge in [-0.2, -0.15) is 0 Å². The molecule has 7 N–H and O–H groups in total. The quantitative estimate of drug-likeness (QED) is 0.0320. The molecule has 1 fully saturated rings. The summed E-state index contributed by atoms with van der Waals surface area (Å²) in [5, 5.41) is 40.6. The molecule has 1 saturated heterocycles. The maximum absolute atomic E-state index is 12.3. The van der Waals surface area contributed by atoms with E-state index in [0.717, 1.165) is 19.3 Å². The van der Waals surface area contributed by atoms with E-state index in [4.69, 9.17) is 37.9 Å². The molecule has 3 rings (SSSR count). The van der Waals surface area contributed by atoms with Gasteiger partial charge in [-0.1, -0.05) is 12.8 Å². The predicted octanol–water partition coefficient (Wildman–Crippen LogP) is -0.946. The fraction of sp³-hybridized carbons (Fsp3) is 0.690. The molecule has 0 saturated carbocycles. The summed E-state index contributed by atoms with van der Waals surface area (Å²) in [4.78, 5) is 60.6. The van der Waals surface area contributed by atoms with Crippen molar-refractivity contribution in [3.63, 3.8) is 0 Å². The number of hydrogen-bond donors (Lipinski definition) is 7. The molecular weight excluding hydrogens is 830 g/mol. The summed E-state index contributed by atoms with van der Waals surface area (Å²) in [5.41, 5.74) is 0.923. The van der Waals surface area contributed by atoms with E-state index in [1.807, 2.05) is 0 Å². The number of aliphatic hydroxyl groups excluding tert-OH is 3. The lowest BCUT2D eigenvalue weighted by molar-refractivity contribution is -0.176. The van der Waals surface area contributed by atoms with Crippen LogP contribution in [0.2, 0.25) is 0 Å². The monoisotopic (exact) mass is 897 g/mol. The molecule has 2 heterocycles. The third kappa shape index (κ3) is 21.4. The number of rotatable bonds is 35. The average molecular weight is 898 g/mol. The number of hydrogen-bond acceptors (Lipinski definition) is 16. The summed E-state index contributed by atoms with van der Waals surface area (Å²) in [7, 11) is 0. The Kier molecular flexibility index (Phi) is 27.5. The van der Waals surface area contributed by atoms with Crippen LogP contribution in [-0.2, 0) is 52.3 Å². The molecule has 2 aliphatic rings. The topological polar surface area (TPSA) is 271 Å². The summed E-state index contributed by atoms with van der Waals surface area (Å²) in [6.45, 7) is 7.36. The Bertz CT molecular complexity index is 1490. The van der Waals surface area contributed by atoms with Crippen molar-refractivity contribution < 1.29 is 77.2 Å². The van der Waals surface area contributed by atoms with Crippen molar-refractivity contribution in [1.82, 2.24) is 21.3 Å². The highest BCUT2D eigenvalue weighted by molar-refractivity contribution is 6.05. The number of anilines is 1. The minimum Gasteiger partial charge on any atom is -0.394 e. The van der Waals surface area contributed by atoms with Crippen molar-refractivity contribution in [3.05, 3.63) is 42.0 Å². The Morgan fingerprint density at radius 3 is 1.68 bits per heavy atom. The maximum Gasteiger partial charge on any atom is 0.314 e. The van der Waals surface area contributed by atoms with Gasteiger partial charge >= 0.3 is 6.03 Å². The first-order valence-corrected chi connectivity index (χ1v) is 21.5. The molecule has 0 bridgehead atoms. The van der Waals surface area contributed by atoms with Gasteiger partial charge in [-0.25, -0.2) is 4.79 Å². The minimum atomic E-state index is -1.19. The lowest BCUT2D eigenvalue weighted by atomic mass is 9.83. The first-order chi connectivity index (χ1) is 30.7. The van der Waals surface area contributed by atoms with Gasteiger partial charge in [0.05, 0.1) is 117 Å². The van der Waals surface area contributed by atoms with Crippen LogP contribution >= 0.6 is 0 Å². The Morgan fingerprint density at radius 1 is 0.698 bits per heavy atom. The van der Waals surface area contributed by atoms with Gasteiger partial charge in [0.1, 0.15) is 12.4 Å². The zero-order chi connectivity index (χ0) is 45.5. The molecule has 5 amide bonds. The molecule has 21 nitrogen and oxygen atoms in total. The van der Waals surface area contributed by atoms with Gasteiger partial charge in [-0.15, -0.1) is 0 Å². The highest BCUT2D eigenvalue weighted by Crippen LogP contribution is 2.28. The Morgan fingerprint density at radius 2 is 1.21 bits per heavy atom. The van der Waals surface area contributed by atoms with E-state index >= 15 is 0 Å². The van der Waals surface area contributed by atoms with E-state index in [9.17, 15) is 39.3 Å². The lowest BCUT2D eigenvalue weighted by Crippen LogP contribution is -2.61. The number of amides is 5. The predicted molar refractivity (Wildman–Crippen MR) is 226 cm³/mol. The molecule has 21 heteroatoms. The van der Waals surface area contributed by atoms with Crippen molar-refractivity contribution in [2.45, 2.75) is 63.2 Å². The van der Waals surface area contributed by atoms with E-state index in [1.54, 1.807) is 24.3 Å². The fourth-order valence-corrected chi connectivity index (χ4v) is 6.51. The van der Waals surface area contributed by atoms with Crippen LogP contribution in [0.15, 0.2) is 36.4 Å². The molecule has 0 aliphatic carbocycles. The lowest BCUT2D eigenvalue weighted by Gasteiger charge is -2.43. The van der Waals surface area contributed by atoms with Gasteiger partial charge in [0, 0.05) is 50.5 Å². The van der Waals surface area contributed by atoms with Crippen LogP contribution in [0.3, 0.4) is 0 Å². The second-order valence-electron chi connectivity index (χ2n) is 14.4. The number of nitrogens with zero attached hydrogens (tertiary/aromatic N) is 1. The minimum absolute atomic E-state index is 0.275. The zero-order valence-electron chi connectivity index (χ0n) is 36.2. The van der Waals surface area contributed by atoms with Gasteiger partial charge in [0.15, 0.2) is 6.23 Å². The van der Waals surface area contributed by atoms with E-state index in [1.165, 1.54) is 24.0 Å². The molecule has 356 valence electrons. The third-order valence-corrected chi connectivity index (χ3v) is 9.70. The average Bonchev–Trinajstić information content (AvgIpc) is 3.61. The van der Waals surface area contributed by atoms with Crippen LogP contribution in [-0.4, -0.2) is 195 Å². The Labute approximate surface area is 368 Å². The Balaban J connectivity index is 0.995. The van der Waals surface area contributed by atoms with E-state index in [-0.39, 0.29) is 23.8 Å². The van der Waals surface area contributed by atoms with Gasteiger partial charge in [-0.3, -0.25) is 19.3 Å². The molecule has 1 aromatic carbocycles. The summed E-state index contributed by atoms with van der Waals surface area (Å²) >= 11 is 0. The van der Waals surface area contributed by atoms with E-state index in [2.05, 4.69) is 21.3 Å². The number of ether oxygens (including phenoxy) is 8. The van der Waals surface area contributed by atoms with Crippen LogP contribution in [0.1, 0.15) is 43.0 Å². The molecule has 0 spiro atoms. The summed E-state index contributed by atoms with van der Waals surface area (Å²) in [6.07, 6.45) is 2.63. The zero-order valence-corrected chi connectivity index (χ0v) is 36.2. The van der Waals surface area contributed by atoms with Gasteiger partial charge in [0.25, 0.3) is 11.8 Å². The standard InChI is InChI=1S/C42H67N5O16/c1-31(50)46-39-34(29-48)40(53)36(30-49)63-35(39)5-3-2-4-15-56-19-20-58-17-13-44-42(55)45-14-18-59-22-24-61-26-28-62-27-25-60-23-21-57-16-12-43-41(54)32-6-8-33(9-7-32)47-37(51)10-11-38(47)52/h6-11,29,34-37,39-40,49,51,53H,2-5,12-28,30H2,1H3,(H,43,54)(H,46,50)(H2,44,45,55)/t34-,35-,36-,37?,39-,40-/m1/s1. The number of carbonyl (C=O) groups is 5. The SMILES string of the molecule is CC(=O)N[C@@H]1[C@@H](C=O)[C@@H](O)[C@@H](CO)O[C@@H]1CCCCCOCCOCCNC(=O)NCCOCCOCCOCCOCCOCCNC(=O)c1ccc(N2C(=O)C=CC2O)cc1. The first kappa shape index (κ1) is 53.2. The first-order valence-electron chi connectivity index (χ1n) is 21.5. The largest absolute Gasteiger partial charge is 0.394 e. The van der Waals surface area contributed by atoms with E-state index in [0.29, 0.717) is 136 Å². The van der Waals surface area contributed by atoms with Crippen molar-refractivity contribution in [1.29, 1.82) is 0 Å². The summed E-state index contributed by atoms with van der Waals surface area (Å²) < 4.78 is 44.2. The molecule has 63 heavy (non-hydrogen) atoms. The smallest absolute Gasteiger partial charge is 0.314 e. The van der Waals surface area contributed by atoms with Gasteiger partial charge < -0.3 is 79.3 Å². The number of aldehydes is 1. The molecular formula is C42H67N5O16. The summed E-state index contributed by atoms with van der Waals surface area (Å²) in [6, 6.07) is 5.40. The molecule has 2 aliphatic heterocycles. The Hall–Kier alpha value is -4.13. The number of unbranched alkanes of at least 4 members (excludes halogenated alkanes) is 2. The van der Waals surface area contributed by atoms with E-state index < -0.39 is 43.1 Å². The second-order valence-corrected chi connectivity index (χ2v) is 14.4. The number of carbonyl (C=O) groups excluding carboxylic acids is 5. The molecule has 0 aromatic heterocycles. The maximum atomic E-state index is 12.3. The van der Waals surface area contributed by atoms with Gasteiger partial charge in [-0.05, 0) is 43.2 Å². The number of urea groups is 1. The highest BCUT2D eigenvalue weighted by atomic mass is 16.6. The number of nitrogens with one attached hydrogen (secondary N) is 4. The normalized spacial score (nSPS) is 20.8. The second kappa shape index (κ2) is 32.5. The number of benzene rings is 1. The van der Waals surface area contributed by atoms with Crippen molar-refractivity contribution in [3.8, 4) is 0 Å². The molecule has 6 atom stereocenters. The van der Waals surface area contributed by atoms with Crippen molar-refractivity contribution in [2.75, 3.05) is 124 Å². The van der Waals surface area contributed by atoms with Crippen LogP contribution in [0, 0.1) is 5.92 Å². The van der Waals surface area contributed by atoms with Crippen LogP contribution in [0.25, 0.3) is 0 Å². The number of aliphatic hydroxyl groups is 3. The molecule has 1 aromatic rings. The van der Waals surface area contributed by atoms with Crippen LogP contribution < -0.4 is 26.2 Å². The van der Waals surface area contributed by atoms with Crippen LogP contribution in [0.5, 0.6) is 0 Å². The van der Waals surface area contributed by atoms with Gasteiger partial charge in [0.2, 0.25) is 5.91 Å².